The molecular formula is C28H31F6NO3. The first kappa shape index (κ1) is 27.1. The molecule has 38 heavy (non-hydrogen) atoms. The second kappa shape index (κ2) is 8.74. The van der Waals surface area contributed by atoms with Gasteiger partial charge in [-0.25, -0.2) is 4.79 Å². The van der Waals surface area contributed by atoms with Crippen molar-refractivity contribution in [3.8, 4) is 0 Å². The third kappa shape index (κ3) is 4.41. The van der Waals surface area contributed by atoms with E-state index < -0.39 is 41.0 Å². The van der Waals surface area contributed by atoms with Crippen molar-refractivity contribution in [2.24, 2.45) is 40.4 Å². The molecular weight excluding hydrogens is 512 g/mol. The highest BCUT2D eigenvalue weighted by Gasteiger charge is 2.61. The zero-order chi connectivity index (χ0) is 27.8. The highest BCUT2D eigenvalue weighted by Crippen LogP contribution is 2.66. The maximum Gasteiger partial charge on any atom is 0.418 e. The molecule has 4 nitrogen and oxygen atoms in total. The molecule has 4 aliphatic rings. The zero-order valence-electron chi connectivity index (χ0n) is 21.4. The number of esters is 1. The molecule has 3 aliphatic carbocycles. The Hall–Kier alpha value is -2.52. The third-order valence-corrected chi connectivity index (χ3v) is 9.96. The molecule has 0 spiro atoms. The van der Waals surface area contributed by atoms with Crippen LogP contribution in [0.4, 0.5) is 32.0 Å². The largest absolute Gasteiger partial charge is 0.458 e. The summed E-state index contributed by atoms with van der Waals surface area (Å²) in [5, 5.41) is 2.31. The number of anilines is 1. The van der Waals surface area contributed by atoms with Gasteiger partial charge in [-0.2, -0.15) is 26.3 Å². The Labute approximate surface area is 217 Å². The van der Waals surface area contributed by atoms with Gasteiger partial charge in [0.1, 0.15) is 6.10 Å². The van der Waals surface area contributed by atoms with Crippen molar-refractivity contribution >= 4 is 17.6 Å². The quantitative estimate of drug-likeness (QED) is 0.316. The molecule has 1 amide bonds. The SMILES string of the molecule is C[C@H]1C[C@H]2OC(=O)C=C[C@]2(C)[C@H]2CC[C@]3(C)C[C@@H](C(=O)Nc4ccc(C(F)(F)F)cc4C(F)(F)F)C[C@H]3[C@H]12. The minimum Gasteiger partial charge on any atom is -0.458 e. The number of rotatable bonds is 2. The fourth-order valence-electron chi connectivity index (χ4n) is 8.09. The second-order valence-corrected chi connectivity index (χ2v) is 12.2. The first-order valence-electron chi connectivity index (χ1n) is 13.0. The summed E-state index contributed by atoms with van der Waals surface area (Å²) in [6.07, 6.45) is -3.30. The summed E-state index contributed by atoms with van der Waals surface area (Å²) in [5.74, 6) is -0.594. The Morgan fingerprint density at radius 3 is 2.42 bits per heavy atom. The fourth-order valence-corrected chi connectivity index (χ4v) is 8.09. The number of hydrogen-bond acceptors (Lipinski definition) is 3. The van der Waals surface area contributed by atoms with E-state index >= 15 is 0 Å². The van der Waals surface area contributed by atoms with Gasteiger partial charge >= 0.3 is 18.3 Å². The maximum atomic E-state index is 13.6. The Balaban J connectivity index is 1.39. The van der Waals surface area contributed by atoms with E-state index in [1.54, 1.807) is 0 Å². The lowest BCUT2D eigenvalue weighted by Gasteiger charge is -2.59. The molecule has 0 radical (unpaired) electrons. The van der Waals surface area contributed by atoms with E-state index in [4.69, 9.17) is 4.74 Å². The lowest BCUT2D eigenvalue weighted by molar-refractivity contribution is -0.173. The Morgan fingerprint density at radius 2 is 1.76 bits per heavy atom. The highest BCUT2D eigenvalue weighted by molar-refractivity contribution is 5.93. The molecule has 1 heterocycles. The van der Waals surface area contributed by atoms with E-state index in [-0.39, 0.29) is 52.6 Å². The number of carbonyl (C=O) groups excluding carboxylic acids is 2. The van der Waals surface area contributed by atoms with Crippen molar-refractivity contribution in [2.75, 3.05) is 5.32 Å². The highest BCUT2D eigenvalue weighted by atomic mass is 19.4. The summed E-state index contributed by atoms with van der Waals surface area (Å²) in [6.45, 7) is 6.40. The molecule has 10 heteroatoms. The van der Waals surface area contributed by atoms with Crippen molar-refractivity contribution < 1.29 is 40.7 Å². The van der Waals surface area contributed by atoms with E-state index in [1.807, 2.05) is 6.08 Å². The molecule has 1 aromatic carbocycles. The molecule has 0 aromatic heterocycles. The molecule has 5 rings (SSSR count). The normalized spacial score (nSPS) is 38.6. The standard InChI is InChI=1S/C28H31F6NO3/c1-14-10-21-26(3,9-7-22(36)38-21)17-6-8-25(2)13-15(11-19(25)23(14)17)24(37)35-20-5-4-16(27(29,30)31)12-18(20)28(32,33)34/h4-5,7,9,12,14-15,17,19,21,23H,6,8,10-11,13H2,1-3H3,(H,35,37)/t14-,15-,17-,19-,21+,23+,25+,26+/m0/s1. The monoisotopic (exact) mass is 543 g/mol. The number of nitrogens with one attached hydrogen (secondary N) is 1. The number of alkyl halides is 6. The Kier molecular flexibility index (Phi) is 6.23. The minimum absolute atomic E-state index is 0.0429. The van der Waals surface area contributed by atoms with Crippen LogP contribution in [0.2, 0.25) is 0 Å². The van der Waals surface area contributed by atoms with Gasteiger partial charge in [0.05, 0.1) is 16.8 Å². The molecule has 0 bridgehead atoms. The average molecular weight is 544 g/mol. The number of carbonyl (C=O) groups is 2. The van der Waals surface area contributed by atoms with E-state index in [2.05, 4.69) is 26.1 Å². The van der Waals surface area contributed by atoms with Gasteiger partial charge in [-0.1, -0.05) is 26.8 Å². The molecule has 1 aromatic rings. The van der Waals surface area contributed by atoms with Crippen LogP contribution in [-0.2, 0) is 26.7 Å². The van der Waals surface area contributed by atoms with E-state index in [1.165, 1.54) is 6.08 Å². The fraction of sp³-hybridized carbons (Fsp3) is 0.643. The topological polar surface area (TPSA) is 55.4 Å². The molecule has 1 N–H and O–H groups in total. The van der Waals surface area contributed by atoms with Gasteiger partial charge in [0, 0.05) is 17.4 Å². The molecule has 8 atom stereocenters. The number of ether oxygens (including phenoxy) is 1. The molecule has 0 saturated heterocycles. The lowest BCUT2D eigenvalue weighted by atomic mass is 9.47. The minimum atomic E-state index is -5.06. The van der Waals surface area contributed by atoms with E-state index in [9.17, 15) is 35.9 Å². The Bertz CT molecular complexity index is 1180. The number of hydrogen-bond donors (Lipinski definition) is 1. The zero-order valence-corrected chi connectivity index (χ0v) is 21.4. The molecule has 208 valence electrons. The van der Waals surface area contributed by atoms with Crippen molar-refractivity contribution in [3.63, 3.8) is 0 Å². The van der Waals surface area contributed by atoms with Gasteiger partial charge in [-0.15, -0.1) is 0 Å². The van der Waals surface area contributed by atoms with Crippen molar-refractivity contribution in [2.45, 2.75) is 71.3 Å². The molecule has 1 aliphatic heterocycles. The lowest BCUT2D eigenvalue weighted by Crippen LogP contribution is -2.57. The van der Waals surface area contributed by atoms with Gasteiger partial charge < -0.3 is 10.1 Å². The van der Waals surface area contributed by atoms with Crippen LogP contribution in [0.1, 0.15) is 64.0 Å². The van der Waals surface area contributed by atoms with Crippen LogP contribution >= 0.6 is 0 Å². The van der Waals surface area contributed by atoms with Crippen LogP contribution in [-0.4, -0.2) is 18.0 Å². The van der Waals surface area contributed by atoms with Gasteiger partial charge in [0.25, 0.3) is 0 Å². The molecule has 3 saturated carbocycles. The predicted molar refractivity (Wildman–Crippen MR) is 127 cm³/mol. The first-order valence-corrected chi connectivity index (χ1v) is 13.0. The van der Waals surface area contributed by atoms with Gasteiger partial charge in [-0.05, 0) is 79.4 Å². The summed E-state index contributed by atoms with van der Waals surface area (Å²) < 4.78 is 85.7. The van der Waals surface area contributed by atoms with E-state index in [0.29, 0.717) is 31.4 Å². The third-order valence-electron chi connectivity index (χ3n) is 9.96. The van der Waals surface area contributed by atoms with Crippen LogP contribution < -0.4 is 5.32 Å². The predicted octanol–water partition coefficient (Wildman–Crippen LogP) is 7.25. The summed E-state index contributed by atoms with van der Waals surface area (Å²) in [7, 11) is 0. The van der Waals surface area contributed by atoms with Gasteiger partial charge in [0.15, 0.2) is 0 Å². The maximum absolute atomic E-state index is 13.6. The van der Waals surface area contributed by atoms with Gasteiger partial charge in [-0.3, -0.25) is 4.79 Å². The number of halogens is 6. The van der Waals surface area contributed by atoms with Crippen LogP contribution in [0.15, 0.2) is 30.4 Å². The van der Waals surface area contributed by atoms with Crippen molar-refractivity contribution in [3.05, 3.63) is 41.5 Å². The first-order chi connectivity index (χ1) is 17.5. The summed E-state index contributed by atoms with van der Waals surface area (Å²) in [6, 6.07) is 1.28. The molecule has 0 unspecified atom stereocenters. The summed E-state index contributed by atoms with van der Waals surface area (Å²) in [5.41, 5.74) is -4.09. The molecule has 3 fully saturated rings. The Morgan fingerprint density at radius 1 is 1.05 bits per heavy atom. The van der Waals surface area contributed by atoms with Crippen molar-refractivity contribution in [1.82, 2.24) is 0 Å². The number of benzene rings is 1. The van der Waals surface area contributed by atoms with Crippen LogP contribution in [0, 0.1) is 40.4 Å². The average Bonchev–Trinajstić information content (AvgIpc) is 3.17. The number of amides is 1. The van der Waals surface area contributed by atoms with Crippen molar-refractivity contribution in [1.29, 1.82) is 0 Å². The van der Waals surface area contributed by atoms with Crippen LogP contribution in [0.5, 0.6) is 0 Å². The van der Waals surface area contributed by atoms with Crippen LogP contribution in [0.3, 0.4) is 0 Å². The van der Waals surface area contributed by atoms with Gasteiger partial charge in [0.2, 0.25) is 5.91 Å². The van der Waals surface area contributed by atoms with E-state index in [0.717, 1.165) is 12.8 Å². The van der Waals surface area contributed by atoms with Crippen LogP contribution in [0.25, 0.3) is 0 Å². The second-order valence-electron chi connectivity index (χ2n) is 12.2. The summed E-state index contributed by atoms with van der Waals surface area (Å²) >= 11 is 0. The number of fused-ring (bicyclic) bond motifs is 5. The smallest absolute Gasteiger partial charge is 0.418 e. The summed E-state index contributed by atoms with van der Waals surface area (Å²) in [4.78, 5) is 25.2.